The summed E-state index contributed by atoms with van der Waals surface area (Å²) < 4.78 is 0. The van der Waals surface area contributed by atoms with E-state index in [1.54, 1.807) is 30.3 Å². The molecule has 2 rings (SSSR count). The third-order valence-electron chi connectivity index (χ3n) is 3.10. The van der Waals surface area contributed by atoms with Crippen molar-refractivity contribution in [2.75, 3.05) is 0 Å². The van der Waals surface area contributed by atoms with Gasteiger partial charge >= 0.3 is 0 Å². The number of hydrogen-bond acceptors (Lipinski definition) is 1. The van der Waals surface area contributed by atoms with Crippen LogP contribution in [0.5, 0.6) is 0 Å². The van der Waals surface area contributed by atoms with Crippen molar-refractivity contribution in [2.24, 2.45) is 0 Å². The Kier molecular flexibility index (Phi) is 5.51. The smallest absolute Gasteiger partial charge is 0.224 e. The van der Waals surface area contributed by atoms with Gasteiger partial charge in [-0.2, -0.15) is 0 Å². The van der Waals surface area contributed by atoms with Crippen molar-refractivity contribution in [1.82, 2.24) is 5.32 Å². The largest absolute Gasteiger partial charge is 0.349 e. The van der Waals surface area contributed by atoms with Crippen LogP contribution < -0.4 is 5.32 Å². The minimum Gasteiger partial charge on any atom is -0.349 e. The second-order valence-electron chi connectivity index (χ2n) is 4.77. The zero-order chi connectivity index (χ0) is 15.4. The molecule has 0 saturated carbocycles. The van der Waals surface area contributed by atoms with E-state index in [1.807, 2.05) is 19.1 Å². The lowest BCUT2D eigenvalue weighted by molar-refractivity contribution is -0.121. The van der Waals surface area contributed by atoms with Gasteiger partial charge in [-0.15, -0.1) is 0 Å². The van der Waals surface area contributed by atoms with Gasteiger partial charge in [-0.25, -0.2) is 0 Å². The topological polar surface area (TPSA) is 29.1 Å². The van der Waals surface area contributed by atoms with E-state index < -0.39 is 0 Å². The monoisotopic (exact) mass is 341 g/mol. The lowest BCUT2D eigenvalue weighted by atomic mass is 10.1. The predicted octanol–water partition coefficient (Wildman–Crippen LogP) is 5.07. The first-order valence-electron chi connectivity index (χ1n) is 6.44. The Hall–Kier alpha value is -1.22. The van der Waals surface area contributed by atoms with E-state index in [4.69, 9.17) is 34.8 Å². The van der Waals surface area contributed by atoms with Crippen LogP contribution in [0, 0.1) is 0 Å². The number of benzene rings is 2. The highest BCUT2D eigenvalue weighted by Gasteiger charge is 2.11. The molecule has 0 radical (unpaired) electrons. The minimum absolute atomic E-state index is 0.0733. The summed E-state index contributed by atoms with van der Waals surface area (Å²) in [6.45, 7) is 1.93. The van der Waals surface area contributed by atoms with Crippen molar-refractivity contribution in [3.05, 3.63) is 68.7 Å². The normalized spacial score (nSPS) is 12.0. The second-order valence-corrected chi connectivity index (χ2v) is 6.02. The van der Waals surface area contributed by atoms with E-state index >= 15 is 0 Å². The lowest BCUT2D eigenvalue weighted by Gasteiger charge is -2.14. The number of carbonyl (C=O) groups excluding carboxylic acids is 1. The fourth-order valence-electron chi connectivity index (χ4n) is 1.96. The summed E-state index contributed by atoms with van der Waals surface area (Å²) in [6, 6.07) is 12.5. The first kappa shape index (κ1) is 16.2. The molecule has 0 spiro atoms. The fraction of sp³-hybridized carbons (Fsp3) is 0.188. The van der Waals surface area contributed by atoms with Crippen molar-refractivity contribution in [3.63, 3.8) is 0 Å². The fourth-order valence-corrected chi connectivity index (χ4v) is 2.41. The molecule has 0 aliphatic heterocycles. The van der Waals surface area contributed by atoms with Crippen LogP contribution in [-0.4, -0.2) is 5.91 Å². The van der Waals surface area contributed by atoms with Gasteiger partial charge in [0.2, 0.25) is 5.91 Å². The van der Waals surface area contributed by atoms with Gasteiger partial charge in [0.1, 0.15) is 0 Å². The number of carbonyl (C=O) groups is 1. The van der Waals surface area contributed by atoms with Crippen LogP contribution in [0.4, 0.5) is 0 Å². The predicted molar refractivity (Wildman–Crippen MR) is 88.2 cm³/mol. The van der Waals surface area contributed by atoms with Gasteiger partial charge in [-0.1, -0.05) is 53.0 Å². The zero-order valence-electron chi connectivity index (χ0n) is 11.4. The molecule has 1 amide bonds. The zero-order valence-corrected chi connectivity index (χ0v) is 13.6. The van der Waals surface area contributed by atoms with Crippen molar-refractivity contribution in [1.29, 1.82) is 0 Å². The number of hydrogen-bond donors (Lipinski definition) is 1. The maximum Gasteiger partial charge on any atom is 0.224 e. The first-order chi connectivity index (χ1) is 9.95. The molecule has 1 N–H and O–H groups in total. The van der Waals surface area contributed by atoms with E-state index in [0.29, 0.717) is 15.1 Å². The Labute approximate surface area is 139 Å². The van der Waals surface area contributed by atoms with E-state index in [9.17, 15) is 4.79 Å². The average molecular weight is 343 g/mol. The molecule has 0 saturated heterocycles. The molecule has 110 valence electrons. The third kappa shape index (κ3) is 4.63. The highest BCUT2D eigenvalue weighted by molar-refractivity contribution is 6.42. The van der Waals surface area contributed by atoms with Crippen LogP contribution in [0.25, 0.3) is 0 Å². The molecule has 0 bridgehead atoms. The van der Waals surface area contributed by atoms with Crippen molar-refractivity contribution in [2.45, 2.75) is 19.4 Å². The average Bonchev–Trinajstić information content (AvgIpc) is 2.43. The number of halogens is 3. The Bertz CT molecular complexity index is 640. The lowest BCUT2D eigenvalue weighted by Crippen LogP contribution is -2.28. The molecule has 2 aromatic rings. The Morgan fingerprint density at radius 2 is 1.71 bits per heavy atom. The molecule has 2 nitrogen and oxygen atoms in total. The van der Waals surface area contributed by atoms with Crippen LogP contribution >= 0.6 is 34.8 Å². The molecule has 0 aliphatic rings. The molecule has 0 aromatic heterocycles. The SMILES string of the molecule is C[C@@H](NC(=O)Cc1ccc(Cl)c(Cl)c1)c1ccc(Cl)cc1. The molecule has 0 fully saturated rings. The number of amides is 1. The second kappa shape index (κ2) is 7.17. The van der Waals surface area contributed by atoms with Gasteiger partial charge in [-0.05, 0) is 42.3 Å². The van der Waals surface area contributed by atoms with Crippen LogP contribution in [0.1, 0.15) is 24.1 Å². The van der Waals surface area contributed by atoms with E-state index in [0.717, 1.165) is 11.1 Å². The van der Waals surface area contributed by atoms with Crippen molar-refractivity contribution >= 4 is 40.7 Å². The summed E-state index contributed by atoms with van der Waals surface area (Å²) in [5.41, 5.74) is 1.83. The maximum atomic E-state index is 12.0. The minimum atomic E-state index is -0.0856. The number of rotatable bonds is 4. The maximum absolute atomic E-state index is 12.0. The van der Waals surface area contributed by atoms with Gasteiger partial charge in [0.25, 0.3) is 0 Å². The van der Waals surface area contributed by atoms with Gasteiger partial charge in [0.15, 0.2) is 0 Å². The van der Waals surface area contributed by atoms with Crippen LogP contribution in [0.2, 0.25) is 15.1 Å². The Balaban J connectivity index is 1.97. The molecular weight excluding hydrogens is 329 g/mol. The molecular formula is C16H14Cl3NO. The van der Waals surface area contributed by atoms with Crippen LogP contribution in [0.15, 0.2) is 42.5 Å². The first-order valence-corrected chi connectivity index (χ1v) is 7.58. The summed E-state index contributed by atoms with van der Waals surface area (Å²) in [5.74, 6) is -0.0733. The quantitative estimate of drug-likeness (QED) is 0.826. The van der Waals surface area contributed by atoms with E-state index in [-0.39, 0.29) is 18.4 Å². The third-order valence-corrected chi connectivity index (χ3v) is 4.09. The van der Waals surface area contributed by atoms with Crippen LogP contribution in [0.3, 0.4) is 0 Å². The summed E-state index contributed by atoms with van der Waals surface area (Å²) >= 11 is 17.6. The molecule has 0 heterocycles. The molecule has 0 unspecified atom stereocenters. The number of nitrogens with one attached hydrogen (secondary N) is 1. The highest BCUT2D eigenvalue weighted by Crippen LogP contribution is 2.23. The van der Waals surface area contributed by atoms with E-state index in [1.165, 1.54) is 0 Å². The molecule has 2 aromatic carbocycles. The van der Waals surface area contributed by atoms with Gasteiger partial charge < -0.3 is 5.32 Å². The molecule has 21 heavy (non-hydrogen) atoms. The van der Waals surface area contributed by atoms with Crippen LogP contribution in [-0.2, 0) is 11.2 Å². The summed E-state index contributed by atoms with van der Waals surface area (Å²) in [4.78, 5) is 12.0. The molecule has 0 aliphatic carbocycles. The summed E-state index contributed by atoms with van der Waals surface area (Å²) in [6.07, 6.45) is 0.259. The van der Waals surface area contributed by atoms with Crippen molar-refractivity contribution in [3.8, 4) is 0 Å². The molecule has 1 atom stereocenters. The van der Waals surface area contributed by atoms with E-state index in [2.05, 4.69) is 5.32 Å². The summed E-state index contributed by atoms with van der Waals surface area (Å²) in [7, 11) is 0. The Morgan fingerprint density at radius 3 is 2.33 bits per heavy atom. The van der Waals surface area contributed by atoms with Crippen molar-refractivity contribution < 1.29 is 4.79 Å². The van der Waals surface area contributed by atoms with Gasteiger partial charge in [-0.3, -0.25) is 4.79 Å². The highest BCUT2D eigenvalue weighted by atomic mass is 35.5. The van der Waals surface area contributed by atoms with Gasteiger partial charge in [0.05, 0.1) is 22.5 Å². The van der Waals surface area contributed by atoms with Gasteiger partial charge in [0, 0.05) is 5.02 Å². The molecule has 5 heteroatoms. The standard InChI is InChI=1S/C16H14Cl3NO/c1-10(12-3-5-13(17)6-4-12)20-16(21)9-11-2-7-14(18)15(19)8-11/h2-8,10H,9H2,1H3,(H,20,21)/t10-/m1/s1. The summed E-state index contributed by atoms with van der Waals surface area (Å²) in [5, 5.41) is 4.55. The Morgan fingerprint density at radius 1 is 1.05 bits per heavy atom.